The molecule has 5 aromatic heterocycles. The topological polar surface area (TPSA) is 180 Å². The molecule has 15 rings (SSSR count). The van der Waals surface area contributed by atoms with Crippen LogP contribution in [0.3, 0.4) is 0 Å². The first-order chi connectivity index (χ1) is 44.8. The summed E-state index contributed by atoms with van der Waals surface area (Å²) in [5.74, 6) is 2.24. The number of morpholine rings is 3. The van der Waals surface area contributed by atoms with E-state index in [9.17, 15) is 0 Å². The summed E-state index contributed by atoms with van der Waals surface area (Å²) in [5, 5.41) is 15.5. The number of hydrogen-bond acceptors (Lipinski definition) is 13. The van der Waals surface area contributed by atoms with Crippen molar-refractivity contribution in [3.63, 3.8) is 0 Å². The fourth-order valence-electron chi connectivity index (χ4n) is 10.8. The monoisotopic (exact) mass is 1400 g/mol. The first-order valence-electron chi connectivity index (χ1n) is 30.3. The number of aromatic amines is 2. The molecule has 12 aromatic rings. The van der Waals surface area contributed by atoms with Gasteiger partial charge >= 0.3 is 0 Å². The van der Waals surface area contributed by atoms with Gasteiger partial charge in [-0.25, -0.2) is 24.9 Å². The van der Waals surface area contributed by atoms with Crippen LogP contribution in [0, 0.1) is 0 Å². The van der Waals surface area contributed by atoms with E-state index in [0.29, 0.717) is 32.1 Å². The predicted octanol–water partition coefficient (Wildman–Crippen LogP) is 18.1. The van der Waals surface area contributed by atoms with Crippen LogP contribution in [0.15, 0.2) is 205 Å². The first kappa shape index (κ1) is 68.0. The van der Waals surface area contributed by atoms with Crippen molar-refractivity contribution < 1.29 is 14.2 Å². The molecular weight excluding hydrogens is 1340 g/mol. The number of anilines is 5. The number of fused-ring (bicyclic) bond motifs is 3. The van der Waals surface area contributed by atoms with Crippen molar-refractivity contribution in [2.45, 2.75) is 39.1 Å². The van der Waals surface area contributed by atoms with Crippen molar-refractivity contribution >= 4 is 136 Å². The smallest absolute Gasteiger partial charge is 0.139 e. The average molecular weight is 1410 g/mol. The molecule has 0 radical (unpaired) electrons. The van der Waals surface area contributed by atoms with E-state index in [2.05, 4.69) is 128 Å². The molecule has 7 aromatic carbocycles. The Labute approximate surface area is 575 Å². The maximum Gasteiger partial charge on any atom is 0.139 e. The second-order valence-electron chi connectivity index (χ2n) is 22.3. The SMILES string of the molecule is C[C@@H]1CN(c2ccc3c(Cl)nccc3c2)CCO1.C[C@@H]1CN(c2ccc3c(Nc4ccc(Cl)c(-c5ncc(-c6ccccc6)[nH]5)c4)nccc3c2)CCO1.C[C@@H]1CNCCO1.Cl.Clc1nccc2cc(Br)ccc12.Nc1ccc(Cl)c(-c2ncc(-c3ccccc3)[nH]2)c1. The normalized spacial score (nSPS) is 16.1. The Bertz CT molecular complexity index is 4410. The van der Waals surface area contributed by atoms with E-state index in [-0.39, 0.29) is 24.6 Å². The molecule has 0 amide bonds. The summed E-state index contributed by atoms with van der Waals surface area (Å²) >= 11 is 28.1. The molecule has 3 fully saturated rings. The number of rotatable bonds is 8. The fourth-order valence-corrected chi connectivity index (χ4v) is 12.0. The van der Waals surface area contributed by atoms with Crippen LogP contribution >= 0.6 is 74.7 Å². The summed E-state index contributed by atoms with van der Waals surface area (Å²) in [6.07, 6.45) is 9.87. The van der Waals surface area contributed by atoms with Crippen molar-refractivity contribution in [3.05, 3.63) is 226 Å². The molecule has 93 heavy (non-hydrogen) atoms. The molecule has 0 bridgehead atoms. The number of nitrogens with one attached hydrogen (secondary N) is 4. The minimum absolute atomic E-state index is 0. The zero-order valence-corrected chi connectivity index (χ0v) is 56.8. The molecule has 0 spiro atoms. The maximum atomic E-state index is 6.57. The number of nitrogens with zero attached hydrogens (tertiary/aromatic N) is 7. The highest BCUT2D eigenvalue weighted by molar-refractivity contribution is 9.10. The van der Waals surface area contributed by atoms with Gasteiger partial charge in [0.05, 0.1) is 72.0 Å². The molecule has 478 valence electrons. The largest absolute Gasteiger partial charge is 0.399 e. The summed E-state index contributed by atoms with van der Waals surface area (Å²) in [6.45, 7) is 14.4. The van der Waals surface area contributed by atoms with Crippen LogP contribution in [0.4, 0.5) is 28.6 Å². The van der Waals surface area contributed by atoms with Crippen LogP contribution in [-0.4, -0.2) is 112 Å². The van der Waals surface area contributed by atoms with Gasteiger partial charge in [0.2, 0.25) is 0 Å². The molecule has 15 nitrogen and oxygen atoms in total. The van der Waals surface area contributed by atoms with Gasteiger partial charge in [-0.3, -0.25) is 0 Å². The third-order valence-electron chi connectivity index (χ3n) is 15.5. The minimum atomic E-state index is 0. The number of nitrogen functional groups attached to an aromatic ring is 1. The van der Waals surface area contributed by atoms with E-state index in [0.717, 1.165) is 153 Å². The highest BCUT2D eigenvalue weighted by atomic mass is 79.9. The molecule has 3 atom stereocenters. The van der Waals surface area contributed by atoms with Crippen molar-refractivity contribution in [3.8, 4) is 45.3 Å². The summed E-state index contributed by atoms with van der Waals surface area (Å²) in [7, 11) is 0. The van der Waals surface area contributed by atoms with E-state index in [4.69, 9.17) is 66.3 Å². The van der Waals surface area contributed by atoms with Crippen LogP contribution < -0.4 is 26.2 Å². The molecule has 0 aliphatic carbocycles. The summed E-state index contributed by atoms with van der Waals surface area (Å²) in [6, 6.07) is 56.1. The Kier molecular flexibility index (Phi) is 24.0. The molecule has 3 aliphatic rings. The zero-order chi connectivity index (χ0) is 63.9. The van der Waals surface area contributed by atoms with Crippen LogP contribution in [0.25, 0.3) is 77.6 Å². The lowest BCUT2D eigenvalue weighted by molar-refractivity contribution is 0.0410. The summed E-state index contributed by atoms with van der Waals surface area (Å²) in [5.41, 5.74) is 15.5. The van der Waals surface area contributed by atoms with Gasteiger partial charge in [-0.1, -0.05) is 129 Å². The number of halogens is 6. The molecule has 0 saturated carbocycles. The van der Waals surface area contributed by atoms with E-state index < -0.39 is 0 Å². The van der Waals surface area contributed by atoms with E-state index in [1.54, 1.807) is 30.7 Å². The van der Waals surface area contributed by atoms with E-state index in [1.165, 1.54) is 11.4 Å². The molecule has 8 heterocycles. The average Bonchev–Trinajstić information content (AvgIpc) is 1.54. The standard InChI is InChI=1S/C29H26ClN5O.C15H12ClN3.C14H15ClN2O.C9H5BrClN.C5H11NO.ClH/c1-19-18-35(13-14-36-19)23-8-9-24-21(15-23)11-12-31-28(24)33-22-7-10-26(30)25(16-22)29-32-17-27(34-29)20-5-3-2-4-6-20;16-13-7-6-11(17)8-12(13)15-18-9-14(19-15)10-4-2-1-3-5-10;1-10-9-17(6-7-18-10)12-2-3-13-11(8-12)4-5-16-14(13)15;10-7-1-2-8-6(5-7)3-4-12-9(8)11;1-5-4-6-2-3-7-5;/h2-12,15-17,19H,13-14,18H2,1H3,(H,31,33)(H,32,34);1-9H,17H2,(H,18,19);2-5,8,10H,6-7,9H2,1H3;1-5H;5-6H,2-4H2,1H3;1H/t19-;;10-;;5-;/m1.1.1./s1. The molecule has 3 aliphatic heterocycles. The number of aromatic nitrogens is 7. The quantitative estimate of drug-likeness (QED) is 0.0717. The number of ether oxygens (including phenoxy) is 3. The van der Waals surface area contributed by atoms with Crippen molar-refractivity contribution in [1.29, 1.82) is 0 Å². The minimum Gasteiger partial charge on any atom is -0.399 e. The van der Waals surface area contributed by atoms with Gasteiger partial charge in [0.25, 0.3) is 0 Å². The highest BCUT2D eigenvalue weighted by Gasteiger charge is 2.20. The number of H-pyrrole nitrogens is 2. The number of benzene rings is 7. The van der Waals surface area contributed by atoms with Crippen LogP contribution in [0.2, 0.25) is 20.4 Å². The van der Waals surface area contributed by atoms with Crippen LogP contribution in [-0.2, 0) is 14.2 Å². The van der Waals surface area contributed by atoms with Gasteiger partial charge in [-0.2, -0.15) is 0 Å². The number of hydrogen-bond donors (Lipinski definition) is 5. The summed E-state index contributed by atoms with van der Waals surface area (Å²) in [4.78, 5) is 33.0. The van der Waals surface area contributed by atoms with Gasteiger partial charge < -0.3 is 50.3 Å². The molecule has 0 unspecified atom stereocenters. The third-order valence-corrected chi connectivity index (χ3v) is 17.3. The van der Waals surface area contributed by atoms with Gasteiger partial charge in [0.15, 0.2) is 0 Å². The zero-order valence-electron chi connectivity index (χ0n) is 51.4. The van der Waals surface area contributed by atoms with Crippen molar-refractivity contribution in [1.82, 2.24) is 40.2 Å². The first-order valence-corrected chi connectivity index (χ1v) is 32.6. The van der Waals surface area contributed by atoms with Crippen LogP contribution in [0.1, 0.15) is 20.8 Å². The lowest BCUT2D eigenvalue weighted by Gasteiger charge is -2.33. The Balaban J connectivity index is 0.000000140. The highest BCUT2D eigenvalue weighted by Crippen LogP contribution is 2.35. The molecular formula is C72H70BrCl5N12O3. The van der Waals surface area contributed by atoms with E-state index in [1.807, 2.05) is 134 Å². The fraction of sp³-hybridized carbons (Fsp3) is 0.208. The van der Waals surface area contributed by atoms with Crippen LogP contribution in [0.5, 0.6) is 0 Å². The van der Waals surface area contributed by atoms with Crippen molar-refractivity contribution in [2.24, 2.45) is 0 Å². The second kappa shape index (κ2) is 32.8. The molecule has 21 heteroatoms. The number of imidazole rings is 2. The third kappa shape index (κ3) is 18.1. The predicted molar refractivity (Wildman–Crippen MR) is 390 cm³/mol. The number of nitrogens with two attached hydrogens (primary N) is 1. The number of pyridine rings is 3. The molecule has 6 N–H and O–H groups in total. The van der Waals surface area contributed by atoms with E-state index >= 15 is 0 Å². The van der Waals surface area contributed by atoms with Gasteiger partial charge in [0.1, 0.15) is 27.8 Å². The van der Waals surface area contributed by atoms with Gasteiger partial charge in [-0.15, -0.1) is 12.4 Å². The summed E-state index contributed by atoms with van der Waals surface area (Å²) < 4.78 is 17.5. The lowest BCUT2D eigenvalue weighted by Crippen LogP contribution is -2.41. The van der Waals surface area contributed by atoms with Gasteiger partial charge in [0, 0.05) is 112 Å². The Morgan fingerprint density at radius 1 is 0.516 bits per heavy atom. The Hall–Kier alpha value is -7.84. The van der Waals surface area contributed by atoms with Gasteiger partial charge in [-0.05, 0) is 151 Å². The molecule has 3 saturated heterocycles. The Morgan fingerprint density at radius 3 is 1.54 bits per heavy atom. The Morgan fingerprint density at radius 2 is 1.01 bits per heavy atom. The van der Waals surface area contributed by atoms with Crippen molar-refractivity contribution in [2.75, 3.05) is 79.9 Å². The lowest BCUT2D eigenvalue weighted by atomic mass is 10.1. The maximum absolute atomic E-state index is 6.57. The second-order valence-corrected chi connectivity index (χ2v) is 24.7.